The molecule has 0 amide bonds. The molecule has 1 aliphatic heterocycles. The molecule has 2 heterocycles. The zero-order valence-corrected chi connectivity index (χ0v) is 16.7. The molecular formula is C24H23BO3. The molecule has 0 spiro atoms. The highest BCUT2D eigenvalue weighted by Gasteiger charge is 2.52. The van der Waals surface area contributed by atoms with Crippen LogP contribution >= 0.6 is 0 Å². The van der Waals surface area contributed by atoms with Gasteiger partial charge in [-0.05, 0) is 55.6 Å². The highest BCUT2D eigenvalue weighted by atomic mass is 16.7. The van der Waals surface area contributed by atoms with Gasteiger partial charge in [0.2, 0.25) is 0 Å². The fourth-order valence-electron chi connectivity index (χ4n) is 3.92. The van der Waals surface area contributed by atoms with Crippen molar-refractivity contribution in [2.75, 3.05) is 0 Å². The molecule has 1 saturated heterocycles. The van der Waals surface area contributed by atoms with Crippen molar-refractivity contribution in [1.29, 1.82) is 0 Å². The van der Waals surface area contributed by atoms with E-state index in [1.54, 1.807) is 0 Å². The molecule has 1 aliphatic rings. The van der Waals surface area contributed by atoms with Crippen LogP contribution in [0.1, 0.15) is 27.7 Å². The second-order valence-electron chi connectivity index (χ2n) is 8.48. The van der Waals surface area contributed by atoms with Crippen LogP contribution in [0.25, 0.3) is 32.9 Å². The molecule has 0 bridgehead atoms. The third-order valence-electron chi connectivity index (χ3n) is 6.24. The first-order chi connectivity index (χ1) is 13.4. The van der Waals surface area contributed by atoms with Gasteiger partial charge in [0, 0.05) is 10.9 Å². The van der Waals surface area contributed by atoms with Gasteiger partial charge in [-0.25, -0.2) is 0 Å². The number of hydrogen-bond acceptors (Lipinski definition) is 3. The summed E-state index contributed by atoms with van der Waals surface area (Å²) < 4.78 is 18.4. The van der Waals surface area contributed by atoms with Crippen molar-refractivity contribution < 1.29 is 13.7 Å². The van der Waals surface area contributed by atoms with E-state index in [2.05, 4.69) is 70.2 Å². The number of benzene rings is 3. The fourth-order valence-corrected chi connectivity index (χ4v) is 3.92. The summed E-state index contributed by atoms with van der Waals surface area (Å²) >= 11 is 0. The monoisotopic (exact) mass is 370 g/mol. The molecule has 4 aromatic rings. The standard InChI is InChI=1S/C24H23BO3/c1-23(2)24(3,4)28-25(27-23)21-14-13-17(16-9-5-6-10-18(16)21)20-15-26-22-12-8-7-11-19(20)22/h5-15H,1-4H3. The lowest BCUT2D eigenvalue weighted by atomic mass is 9.75. The second kappa shape index (κ2) is 5.97. The quantitative estimate of drug-likeness (QED) is 0.434. The molecule has 0 aliphatic carbocycles. The Hall–Kier alpha value is -2.56. The van der Waals surface area contributed by atoms with Crippen molar-refractivity contribution in [2.45, 2.75) is 38.9 Å². The predicted molar refractivity (Wildman–Crippen MR) is 115 cm³/mol. The van der Waals surface area contributed by atoms with E-state index >= 15 is 0 Å². The van der Waals surface area contributed by atoms with Gasteiger partial charge >= 0.3 is 7.12 Å². The van der Waals surface area contributed by atoms with Gasteiger partial charge in [-0.3, -0.25) is 0 Å². The van der Waals surface area contributed by atoms with Gasteiger partial charge in [0.05, 0.1) is 17.5 Å². The first-order valence-electron chi connectivity index (χ1n) is 9.71. The fraction of sp³-hybridized carbons (Fsp3) is 0.250. The highest BCUT2D eigenvalue weighted by molar-refractivity contribution is 6.65. The molecule has 28 heavy (non-hydrogen) atoms. The van der Waals surface area contributed by atoms with Crippen LogP contribution in [0.5, 0.6) is 0 Å². The SMILES string of the molecule is CC1(C)OB(c2ccc(-c3coc4ccccc34)c3ccccc23)OC1(C)C. The topological polar surface area (TPSA) is 31.6 Å². The number of hydrogen-bond donors (Lipinski definition) is 0. The summed E-state index contributed by atoms with van der Waals surface area (Å²) in [6, 6.07) is 20.9. The Labute approximate surface area is 165 Å². The van der Waals surface area contributed by atoms with Crippen molar-refractivity contribution in [3.63, 3.8) is 0 Å². The maximum absolute atomic E-state index is 6.32. The highest BCUT2D eigenvalue weighted by Crippen LogP contribution is 2.39. The first-order valence-corrected chi connectivity index (χ1v) is 9.71. The summed E-state index contributed by atoms with van der Waals surface area (Å²) in [4.78, 5) is 0. The van der Waals surface area contributed by atoms with Gasteiger partial charge in [0.1, 0.15) is 5.58 Å². The molecule has 3 aromatic carbocycles. The number of para-hydroxylation sites is 1. The van der Waals surface area contributed by atoms with E-state index in [0.29, 0.717) is 0 Å². The first kappa shape index (κ1) is 17.5. The Morgan fingerprint density at radius 3 is 1.96 bits per heavy atom. The lowest BCUT2D eigenvalue weighted by molar-refractivity contribution is 0.00578. The third kappa shape index (κ3) is 2.52. The van der Waals surface area contributed by atoms with Gasteiger partial charge in [0.25, 0.3) is 0 Å². The summed E-state index contributed by atoms with van der Waals surface area (Å²) in [7, 11) is -0.384. The Balaban J connectivity index is 1.69. The molecule has 1 aromatic heterocycles. The second-order valence-corrected chi connectivity index (χ2v) is 8.48. The van der Waals surface area contributed by atoms with Gasteiger partial charge < -0.3 is 13.7 Å². The van der Waals surface area contributed by atoms with Gasteiger partial charge in [-0.1, -0.05) is 54.6 Å². The average Bonchev–Trinajstić information content (AvgIpc) is 3.18. The van der Waals surface area contributed by atoms with Crippen LogP contribution in [0.3, 0.4) is 0 Å². The Morgan fingerprint density at radius 2 is 1.25 bits per heavy atom. The van der Waals surface area contributed by atoms with Crippen molar-refractivity contribution in [1.82, 2.24) is 0 Å². The maximum Gasteiger partial charge on any atom is 0.495 e. The van der Waals surface area contributed by atoms with E-state index in [1.807, 2.05) is 24.5 Å². The minimum atomic E-state index is -0.384. The predicted octanol–water partition coefficient (Wildman–Crippen LogP) is 5.55. The summed E-state index contributed by atoms with van der Waals surface area (Å²) in [6.07, 6.45) is 1.85. The van der Waals surface area contributed by atoms with E-state index in [1.165, 1.54) is 5.39 Å². The van der Waals surface area contributed by atoms with E-state index in [0.717, 1.165) is 32.9 Å². The lowest BCUT2D eigenvalue weighted by Gasteiger charge is -2.32. The number of rotatable bonds is 2. The van der Waals surface area contributed by atoms with E-state index in [9.17, 15) is 0 Å². The summed E-state index contributed by atoms with van der Waals surface area (Å²) in [5.74, 6) is 0. The van der Waals surface area contributed by atoms with Crippen molar-refractivity contribution in [3.05, 3.63) is 66.9 Å². The van der Waals surface area contributed by atoms with Crippen LogP contribution in [-0.2, 0) is 9.31 Å². The molecule has 0 saturated carbocycles. The van der Waals surface area contributed by atoms with Crippen LogP contribution in [-0.4, -0.2) is 18.3 Å². The largest absolute Gasteiger partial charge is 0.495 e. The molecule has 1 fully saturated rings. The van der Waals surface area contributed by atoms with Crippen LogP contribution < -0.4 is 5.46 Å². The molecule has 0 N–H and O–H groups in total. The lowest BCUT2D eigenvalue weighted by Crippen LogP contribution is -2.41. The van der Waals surface area contributed by atoms with Gasteiger partial charge in [0.15, 0.2) is 0 Å². The Morgan fingerprint density at radius 1 is 0.643 bits per heavy atom. The number of fused-ring (bicyclic) bond motifs is 2. The molecule has 5 rings (SSSR count). The molecule has 4 heteroatoms. The normalized spacial score (nSPS) is 18.2. The van der Waals surface area contributed by atoms with Gasteiger partial charge in [-0.15, -0.1) is 0 Å². The smallest absolute Gasteiger partial charge is 0.464 e. The van der Waals surface area contributed by atoms with Crippen molar-refractivity contribution in [2.24, 2.45) is 0 Å². The third-order valence-corrected chi connectivity index (χ3v) is 6.24. The molecule has 0 atom stereocenters. The Bertz CT molecular complexity index is 1170. The van der Waals surface area contributed by atoms with Crippen molar-refractivity contribution in [3.8, 4) is 11.1 Å². The van der Waals surface area contributed by atoms with Gasteiger partial charge in [-0.2, -0.15) is 0 Å². The maximum atomic E-state index is 6.32. The zero-order valence-electron chi connectivity index (χ0n) is 16.7. The summed E-state index contributed by atoms with van der Waals surface area (Å²) in [5, 5.41) is 3.43. The minimum Gasteiger partial charge on any atom is -0.464 e. The number of furan rings is 1. The van der Waals surface area contributed by atoms with Crippen LogP contribution in [0.2, 0.25) is 0 Å². The van der Waals surface area contributed by atoms with Crippen LogP contribution in [0.4, 0.5) is 0 Å². The molecule has 3 nitrogen and oxygen atoms in total. The average molecular weight is 370 g/mol. The molecule has 0 unspecified atom stereocenters. The molecular weight excluding hydrogens is 347 g/mol. The van der Waals surface area contributed by atoms with E-state index in [-0.39, 0.29) is 18.3 Å². The zero-order chi connectivity index (χ0) is 19.5. The van der Waals surface area contributed by atoms with Crippen LogP contribution in [0, 0.1) is 0 Å². The molecule has 0 radical (unpaired) electrons. The Kier molecular flexibility index (Phi) is 3.74. The summed E-state index contributed by atoms with van der Waals surface area (Å²) in [6.45, 7) is 8.34. The summed E-state index contributed by atoms with van der Waals surface area (Å²) in [5.41, 5.74) is 3.49. The van der Waals surface area contributed by atoms with Crippen molar-refractivity contribution >= 4 is 34.3 Å². The minimum absolute atomic E-state index is 0.363. The molecule has 140 valence electrons. The van der Waals surface area contributed by atoms with Crippen LogP contribution in [0.15, 0.2) is 71.3 Å². The van der Waals surface area contributed by atoms with E-state index in [4.69, 9.17) is 13.7 Å². The van der Waals surface area contributed by atoms with E-state index < -0.39 is 0 Å².